The molecule has 0 saturated heterocycles. The molecule has 0 spiro atoms. The van der Waals surface area contributed by atoms with Crippen molar-refractivity contribution in [2.75, 3.05) is 6.54 Å². The van der Waals surface area contributed by atoms with Crippen LogP contribution in [0.5, 0.6) is 0 Å². The van der Waals surface area contributed by atoms with Crippen LogP contribution in [0, 0.1) is 0 Å². The molecule has 19 heavy (non-hydrogen) atoms. The fraction of sp³-hybridized carbons (Fsp3) is 0.529. The van der Waals surface area contributed by atoms with Crippen molar-refractivity contribution in [3.63, 3.8) is 0 Å². The number of aromatic amines is 1. The number of unbranched alkanes of at least 4 members (excludes halogenated alkanes) is 2. The van der Waals surface area contributed by atoms with E-state index < -0.39 is 0 Å². The largest absolute Gasteiger partial charge is 0.361 e. The molecule has 1 unspecified atom stereocenters. The Kier molecular flexibility index (Phi) is 5.46. The molecular weight excluding hydrogens is 232 g/mol. The molecule has 0 bridgehead atoms. The first-order chi connectivity index (χ1) is 9.31. The molecule has 1 heterocycles. The molecule has 2 rings (SSSR count). The highest BCUT2D eigenvalue weighted by Gasteiger charge is 2.04. The summed E-state index contributed by atoms with van der Waals surface area (Å²) >= 11 is 0. The van der Waals surface area contributed by atoms with Gasteiger partial charge >= 0.3 is 0 Å². The first kappa shape index (κ1) is 14.1. The maximum absolute atomic E-state index is 3.63. The van der Waals surface area contributed by atoms with E-state index in [4.69, 9.17) is 0 Å². The van der Waals surface area contributed by atoms with Crippen molar-refractivity contribution in [2.24, 2.45) is 0 Å². The summed E-state index contributed by atoms with van der Waals surface area (Å²) in [5.74, 6) is 0. The third-order valence-corrected chi connectivity index (χ3v) is 3.80. The second-order valence-electron chi connectivity index (χ2n) is 5.46. The number of para-hydroxylation sites is 1. The van der Waals surface area contributed by atoms with Crippen LogP contribution in [0.2, 0.25) is 0 Å². The van der Waals surface area contributed by atoms with Gasteiger partial charge in [-0.2, -0.15) is 0 Å². The first-order valence-electron chi connectivity index (χ1n) is 7.59. The van der Waals surface area contributed by atoms with E-state index in [2.05, 4.69) is 54.6 Å². The fourth-order valence-corrected chi connectivity index (χ4v) is 2.59. The molecule has 0 radical (unpaired) electrons. The average molecular weight is 258 g/mol. The summed E-state index contributed by atoms with van der Waals surface area (Å²) < 4.78 is 0. The van der Waals surface area contributed by atoms with Crippen LogP contribution in [-0.4, -0.2) is 17.6 Å². The van der Waals surface area contributed by atoms with Gasteiger partial charge in [-0.15, -0.1) is 0 Å². The zero-order chi connectivity index (χ0) is 13.5. The molecule has 0 aliphatic rings. The third kappa shape index (κ3) is 4.10. The Morgan fingerprint density at radius 2 is 2.05 bits per heavy atom. The summed E-state index contributed by atoms with van der Waals surface area (Å²) in [5, 5.41) is 4.99. The lowest BCUT2D eigenvalue weighted by molar-refractivity contribution is 0.491. The Bertz CT molecular complexity index is 487. The van der Waals surface area contributed by atoms with E-state index in [1.165, 1.54) is 42.1 Å². The number of nitrogens with one attached hydrogen (secondary N) is 2. The van der Waals surface area contributed by atoms with Crippen molar-refractivity contribution in [1.29, 1.82) is 0 Å². The Labute approximate surface area is 116 Å². The van der Waals surface area contributed by atoms with E-state index in [1.807, 2.05) is 0 Å². The van der Waals surface area contributed by atoms with E-state index in [1.54, 1.807) is 0 Å². The average Bonchev–Trinajstić information content (AvgIpc) is 2.83. The summed E-state index contributed by atoms with van der Waals surface area (Å²) in [6.45, 7) is 5.62. The van der Waals surface area contributed by atoms with Gasteiger partial charge in [0.2, 0.25) is 0 Å². The summed E-state index contributed by atoms with van der Waals surface area (Å²) in [5.41, 5.74) is 2.66. The fourth-order valence-electron chi connectivity index (χ4n) is 2.59. The highest BCUT2D eigenvalue weighted by atomic mass is 14.9. The summed E-state index contributed by atoms with van der Waals surface area (Å²) in [7, 11) is 0. The maximum Gasteiger partial charge on any atom is 0.0456 e. The molecule has 1 atom stereocenters. The van der Waals surface area contributed by atoms with Crippen LogP contribution in [-0.2, 0) is 6.42 Å². The van der Waals surface area contributed by atoms with Crippen LogP contribution in [0.4, 0.5) is 0 Å². The number of benzene rings is 1. The Morgan fingerprint density at radius 1 is 1.21 bits per heavy atom. The molecule has 104 valence electrons. The summed E-state index contributed by atoms with van der Waals surface area (Å²) in [6.07, 6.45) is 8.55. The summed E-state index contributed by atoms with van der Waals surface area (Å²) in [4.78, 5) is 3.34. The van der Waals surface area contributed by atoms with Gasteiger partial charge in [-0.25, -0.2) is 0 Å². The van der Waals surface area contributed by atoms with Gasteiger partial charge in [0.1, 0.15) is 0 Å². The Hall–Kier alpha value is -1.28. The van der Waals surface area contributed by atoms with E-state index in [0.717, 1.165) is 13.0 Å². The second kappa shape index (κ2) is 7.34. The lowest BCUT2D eigenvalue weighted by atomic mass is 10.1. The molecule has 0 aliphatic heterocycles. The van der Waals surface area contributed by atoms with Crippen molar-refractivity contribution in [3.05, 3.63) is 36.0 Å². The lowest BCUT2D eigenvalue weighted by Gasteiger charge is -2.13. The summed E-state index contributed by atoms with van der Waals surface area (Å²) in [6, 6.07) is 9.17. The second-order valence-corrected chi connectivity index (χ2v) is 5.46. The van der Waals surface area contributed by atoms with Crippen LogP contribution in [0.15, 0.2) is 30.5 Å². The van der Waals surface area contributed by atoms with Crippen LogP contribution in [0.25, 0.3) is 10.9 Å². The van der Waals surface area contributed by atoms with Crippen LogP contribution in [0.3, 0.4) is 0 Å². The van der Waals surface area contributed by atoms with E-state index in [0.29, 0.717) is 6.04 Å². The van der Waals surface area contributed by atoms with Crippen molar-refractivity contribution in [1.82, 2.24) is 10.3 Å². The highest BCUT2D eigenvalue weighted by molar-refractivity contribution is 5.83. The van der Waals surface area contributed by atoms with Gasteiger partial charge in [0.05, 0.1) is 0 Å². The van der Waals surface area contributed by atoms with Gasteiger partial charge in [-0.3, -0.25) is 0 Å². The standard InChI is InChI=1S/C17H26N2/c1-3-4-5-8-14(2)18-12-11-15-13-19-17-10-7-6-9-16(15)17/h6-7,9-10,13-14,18-19H,3-5,8,11-12H2,1-2H3. The van der Waals surface area contributed by atoms with Crippen molar-refractivity contribution < 1.29 is 0 Å². The molecule has 0 amide bonds. The number of H-pyrrole nitrogens is 1. The van der Waals surface area contributed by atoms with Gasteiger partial charge in [-0.05, 0) is 37.9 Å². The van der Waals surface area contributed by atoms with Crippen molar-refractivity contribution >= 4 is 10.9 Å². The minimum absolute atomic E-state index is 0.636. The number of hydrogen-bond donors (Lipinski definition) is 2. The van der Waals surface area contributed by atoms with E-state index in [-0.39, 0.29) is 0 Å². The minimum atomic E-state index is 0.636. The van der Waals surface area contributed by atoms with Crippen LogP contribution >= 0.6 is 0 Å². The van der Waals surface area contributed by atoms with Crippen molar-refractivity contribution in [2.45, 2.75) is 52.0 Å². The Morgan fingerprint density at radius 3 is 2.89 bits per heavy atom. The zero-order valence-electron chi connectivity index (χ0n) is 12.2. The molecule has 0 saturated carbocycles. The van der Waals surface area contributed by atoms with Crippen LogP contribution in [0.1, 0.15) is 45.1 Å². The SMILES string of the molecule is CCCCCC(C)NCCc1c[nH]c2ccccc12. The predicted molar refractivity (Wildman–Crippen MR) is 83.6 cm³/mol. The van der Waals surface area contributed by atoms with Gasteiger partial charge in [0, 0.05) is 23.1 Å². The van der Waals surface area contributed by atoms with E-state index >= 15 is 0 Å². The monoisotopic (exact) mass is 258 g/mol. The van der Waals surface area contributed by atoms with Gasteiger partial charge in [0.25, 0.3) is 0 Å². The highest BCUT2D eigenvalue weighted by Crippen LogP contribution is 2.17. The number of fused-ring (bicyclic) bond motifs is 1. The molecule has 1 aromatic carbocycles. The number of aromatic nitrogens is 1. The quantitative estimate of drug-likeness (QED) is 0.680. The molecule has 1 aromatic heterocycles. The predicted octanol–water partition coefficient (Wildman–Crippen LogP) is 4.27. The molecular formula is C17H26N2. The van der Waals surface area contributed by atoms with Crippen molar-refractivity contribution in [3.8, 4) is 0 Å². The molecule has 2 nitrogen and oxygen atoms in total. The van der Waals surface area contributed by atoms with Crippen LogP contribution < -0.4 is 5.32 Å². The third-order valence-electron chi connectivity index (χ3n) is 3.80. The van der Waals surface area contributed by atoms with Gasteiger partial charge < -0.3 is 10.3 Å². The van der Waals surface area contributed by atoms with Gasteiger partial charge in [-0.1, -0.05) is 44.4 Å². The molecule has 2 N–H and O–H groups in total. The maximum atomic E-state index is 3.63. The lowest BCUT2D eigenvalue weighted by Crippen LogP contribution is -2.27. The Balaban J connectivity index is 1.76. The smallest absolute Gasteiger partial charge is 0.0456 e. The first-order valence-corrected chi connectivity index (χ1v) is 7.59. The molecule has 0 fully saturated rings. The van der Waals surface area contributed by atoms with Gasteiger partial charge in [0.15, 0.2) is 0 Å². The molecule has 2 heteroatoms. The van der Waals surface area contributed by atoms with E-state index in [9.17, 15) is 0 Å². The number of hydrogen-bond acceptors (Lipinski definition) is 1. The topological polar surface area (TPSA) is 27.8 Å². The molecule has 2 aromatic rings. The minimum Gasteiger partial charge on any atom is -0.361 e. The molecule has 0 aliphatic carbocycles. The normalized spacial score (nSPS) is 12.9. The number of rotatable bonds is 8. The zero-order valence-corrected chi connectivity index (χ0v) is 12.2.